The zero-order chi connectivity index (χ0) is 11.5. The molecule has 0 heterocycles. The van der Waals surface area contributed by atoms with E-state index in [0.29, 0.717) is 13.0 Å². The van der Waals surface area contributed by atoms with Crippen molar-refractivity contribution in [3.63, 3.8) is 0 Å². The van der Waals surface area contributed by atoms with Crippen LogP contribution >= 0.6 is 0 Å². The molecule has 0 bridgehead atoms. The average Bonchev–Trinajstić information content (AvgIpc) is 2.17. The Morgan fingerprint density at radius 1 is 1.20 bits per heavy atom. The van der Waals surface area contributed by atoms with Crippen molar-refractivity contribution in [2.75, 3.05) is 6.61 Å². The van der Waals surface area contributed by atoms with Crippen LogP contribution in [0.2, 0.25) is 0 Å². The predicted molar refractivity (Wildman–Crippen MR) is 56.5 cm³/mol. The number of hydrogen-bond donors (Lipinski definition) is 1. The van der Waals surface area contributed by atoms with Crippen LogP contribution in [0.1, 0.15) is 38.5 Å². The van der Waals surface area contributed by atoms with Gasteiger partial charge in [-0.05, 0) is 25.7 Å². The molecule has 0 aliphatic carbocycles. The molecule has 86 valence electrons. The molecule has 0 radical (unpaired) electrons. The van der Waals surface area contributed by atoms with Crippen molar-refractivity contribution in [2.45, 2.75) is 38.5 Å². The van der Waals surface area contributed by atoms with Crippen LogP contribution in [0.4, 0.5) is 0 Å². The molecule has 0 spiro atoms. The summed E-state index contributed by atoms with van der Waals surface area (Å²) in [5, 5.41) is 8.34. The second kappa shape index (κ2) is 9.24. The number of carboxylic acids is 1. The van der Waals surface area contributed by atoms with E-state index in [1.807, 2.05) is 6.08 Å². The maximum atomic E-state index is 11.0. The van der Waals surface area contributed by atoms with Gasteiger partial charge in [-0.25, -0.2) is 0 Å². The molecular weight excluding hydrogens is 196 g/mol. The van der Waals surface area contributed by atoms with Crippen LogP contribution in [-0.2, 0) is 14.3 Å². The molecule has 0 rings (SSSR count). The zero-order valence-corrected chi connectivity index (χ0v) is 8.91. The number of carbonyl (C=O) groups is 2. The van der Waals surface area contributed by atoms with Gasteiger partial charge in [-0.2, -0.15) is 0 Å². The smallest absolute Gasteiger partial charge is 0.305 e. The van der Waals surface area contributed by atoms with Crippen LogP contribution in [-0.4, -0.2) is 23.7 Å². The average molecular weight is 214 g/mol. The van der Waals surface area contributed by atoms with Crippen LogP contribution in [0.15, 0.2) is 12.7 Å². The topological polar surface area (TPSA) is 63.6 Å². The molecule has 15 heavy (non-hydrogen) atoms. The van der Waals surface area contributed by atoms with E-state index in [-0.39, 0.29) is 18.8 Å². The third-order valence-electron chi connectivity index (χ3n) is 1.84. The fourth-order valence-corrected chi connectivity index (χ4v) is 1.03. The molecule has 0 aromatic heterocycles. The van der Waals surface area contributed by atoms with E-state index in [0.717, 1.165) is 19.3 Å². The normalized spacial score (nSPS) is 9.60. The van der Waals surface area contributed by atoms with Gasteiger partial charge in [0.05, 0.1) is 6.61 Å². The number of allylic oxidation sites excluding steroid dienone is 1. The number of hydrogen-bond acceptors (Lipinski definition) is 3. The Morgan fingerprint density at radius 3 is 2.53 bits per heavy atom. The van der Waals surface area contributed by atoms with E-state index in [1.165, 1.54) is 0 Å². The van der Waals surface area contributed by atoms with Gasteiger partial charge in [0.15, 0.2) is 0 Å². The summed E-state index contributed by atoms with van der Waals surface area (Å²) in [5.74, 6) is -1.19. The van der Waals surface area contributed by atoms with Crippen molar-refractivity contribution in [2.24, 2.45) is 0 Å². The lowest BCUT2D eigenvalue weighted by molar-refractivity contribution is -0.144. The summed E-state index contributed by atoms with van der Waals surface area (Å²) in [6, 6.07) is 0. The van der Waals surface area contributed by atoms with E-state index in [9.17, 15) is 9.59 Å². The summed E-state index contributed by atoms with van der Waals surface area (Å²) < 4.78 is 4.90. The standard InChI is InChI=1S/C11H18O4/c1-2-3-4-5-9-15-11(14)8-6-7-10(12)13/h2H,1,3-9H2,(H,12,13). The molecule has 0 saturated carbocycles. The van der Waals surface area contributed by atoms with E-state index in [4.69, 9.17) is 9.84 Å². The molecular formula is C11H18O4. The van der Waals surface area contributed by atoms with Crippen LogP contribution in [0.25, 0.3) is 0 Å². The summed E-state index contributed by atoms with van der Waals surface area (Å²) in [6.45, 7) is 4.00. The minimum atomic E-state index is -0.881. The SMILES string of the molecule is C=CCCCCOC(=O)CCCC(=O)O. The largest absolute Gasteiger partial charge is 0.481 e. The molecule has 0 aromatic carbocycles. The predicted octanol–water partition coefficient (Wildman–Crippen LogP) is 2.14. The zero-order valence-electron chi connectivity index (χ0n) is 8.91. The van der Waals surface area contributed by atoms with Crippen molar-refractivity contribution in [1.82, 2.24) is 0 Å². The first-order valence-corrected chi connectivity index (χ1v) is 5.15. The Balaban J connectivity index is 3.25. The first-order chi connectivity index (χ1) is 7.16. The fourth-order valence-electron chi connectivity index (χ4n) is 1.03. The molecule has 0 amide bonds. The summed E-state index contributed by atoms with van der Waals surface area (Å²) in [6.07, 6.45) is 5.11. The van der Waals surface area contributed by atoms with Gasteiger partial charge in [-0.1, -0.05) is 6.08 Å². The summed E-state index contributed by atoms with van der Waals surface area (Å²) in [5.41, 5.74) is 0. The van der Waals surface area contributed by atoms with Gasteiger partial charge >= 0.3 is 11.9 Å². The van der Waals surface area contributed by atoms with E-state index >= 15 is 0 Å². The quantitative estimate of drug-likeness (QED) is 0.363. The molecule has 0 unspecified atom stereocenters. The maximum absolute atomic E-state index is 11.0. The molecule has 4 nitrogen and oxygen atoms in total. The number of carboxylic acid groups (broad SMARTS) is 1. The first-order valence-electron chi connectivity index (χ1n) is 5.15. The molecule has 0 aromatic rings. The van der Waals surface area contributed by atoms with Gasteiger partial charge in [-0.15, -0.1) is 6.58 Å². The third kappa shape index (κ3) is 10.6. The monoisotopic (exact) mass is 214 g/mol. The van der Waals surface area contributed by atoms with Crippen LogP contribution in [0.5, 0.6) is 0 Å². The van der Waals surface area contributed by atoms with E-state index < -0.39 is 5.97 Å². The molecule has 0 aliphatic heterocycles. The van der Waals surface area contributed by atoms with Crippen molar-refractivity contribution >= 4 is 11.9 Å². The van der Waals surface area contributed by atoms with E-state index in [2.05, 4.69) is 6.58 Å². The van der Waals surface area contributed by atoms with Crippen LogP contribution in [0.3, 0.4) is 0 Å². The highest BCUT2D eigenvalue weighted by Gasteiger charge is 2.04. The van der Waals surface area contributed by atoms with E-state index in [1.54, 1.807) is 0 Å². The van der Waals surface area contributed by atoms with Gasteiger partial charge in [0.1, 0.15) is 0 Å². The number of unbranched alkanes of at least 4 members (excludes halogenated alkanes) is 2. The van der Waals surface area contributed by atoms with Crippen molar-refractivity contribution in [1.29, 1.82) is 0 Å². The minimum Gasteiger partial charge on any atom is -0.481 e. The van der Waals surface area contributed by atoms with Crippen LogP contribution in [0, 0.1) is 0 Å². The highest BCUT2D eigenvalue weighted by atomic mass is 16.5. The maximum Gasteiger partial charge on any atom is 0.305 e. The van der Waals surface area contributed by atoms with Crippen molar-refractivity contribution < 1.29 is 19.4 Å². The van der Waals surface area contributed by atoms with Crippen LogP contribution < -0.4 is 0 Å². The Labute approximate surface area is 89.9 Å². The molecule has 4 heteroatoms. The lowest BCUT2D eigenvalue weighted by atomic mass is 10.2. The lowest BCUT2D eigenvalue weighted by Gasteiger charge is -2.03. The number of aliphatic carboxylic acids is 1. The number of esters is 1. The number of rotatable bonds is 9. The summed E-state index contributed by atoms with van der Waals surface area (Å²) in [4.78, 5) is 21.2. The first kappa shape index (κ1) is 13.7. The summed E-state index contributed by atoms with van der Waals surface area (Å²) >= 11 is 0. The van der Waals surface area contributed by atoms with Gasteiger partial charge < -0.3 is 9.84 Å². The second-order valence-corrected chi connectivity index (χ2v) is 3.25. The van der Waals surface area contributed by atoms with Gasteiger partial charge in [0.2, 0.25) is 0 Å². The van der Waals surface area contributed by atoms with Gasteiger partial charge in [0, 0.05) is 12.8 Å². The lowest BCUT2D eigenvalue weighted by Crippen LogP contribution is -2.06. The van der Waals surface area contributed by atoms with Gasteiger partial charge in [0.25, 0.3) is 0 Å². The second-order valence-electron chi connectivity index (χ2n) is 3.25. The highest BCUT2D eigenvalue weighted by molar-refractivity contribution is 5.71. The Kier molecular flexibility index (Phi) is 8.43. The Morgan fingerprint density at radius 2 is 1.93 bits per heavy atom. The molecule has 0 aliphatic rings. The summed E-state index contributed by atoms with van der Waals surface area (Å²) in [7, 11) is 0. The Bertz CT molecular complexity index is 211. The molecule has 0 atom stereocenters. The van der Waals surface area contributed by atoms with Gasteiger partial charge in [-0.3, -0.25) is 9.59 Å². The number of carbonyl (C=O) groups excluding carboxylic acids is 1. The van der Waals surface area contributed by atoms with Crippen molar-refractivity contribution in [3.8, 4) is 0 Å². The fraction of sp³-hybridized carbons (Fsp3) is 0.636. The molecule has 0 saturated heterocycles. The Hall–Kier alpha value is -1.32. The molecule has 1 N–H and O–H groups in total. The molecule has 0 fully saturated rings. The van der Waals surface area contributed by atoms with Crippen molar-refractivity contribution in [3.05, 3.63) is 12.7 Å². The highest BCUT2D eigenvalue weighted by Crippen LogP contribution is 2.00. The number of ether oxygens (including phenoxy) is 1. The minimum absolute atomic E-state index is 0.0194. The third-order valence-corrected chi connectivity index (χ3v) is 1.84.